The molecule has 1 aromatic carbocycles. The van der Waals surface area contributed by atoms with Crippen molar-refractivity contribution in [3.63, 3.8) is 0 Å². The number of hydrogen-bond donors (Lipinski definition) is 1. The third kappa shape index (κ3) is 2.54. The largest absolute Gasteiger partial charge is 0.389 e. The summed E-state index contributed by atoms with van der Waals surface area (Å²) in [5.74, 6) is 0.916. The molecular weight excluding hydrogens is 248 g/mol. The van der Waals surface area contributed by atoms with Gasteiger partial charge in [-0.2, -0.15) is 0 Å². The van der Waals surface area contributed by atoms with Crippen LogP contribution in [-0.4, -0.2) is 16.6 Å². The number of aliphatic hydroxyl groups excluding tert-OH is 1. The summed E-state index contributed by atoms with van der Waals surface area (Å²) in [7, 11) is 0. The first-order valence-corrected chi connectivity index (χ1v) is 7.20. The topological polar surface area (TPSA) is 36.4 Å². The van der Waals surface area contributed by atoms with Crippen LogP contribution in [0.2, 0.25) is 0 Å². The maximum absolute atomic E-state index is 9.93. The van der Waals surface area contributed by atoms with Crippen LogP contribution in [0.25, 0.3) is 0 Å². The zero-order valence-corrected chi connectivity index (χ0v) is 11.8. The molecule has 2 aromatic rings. The molecular formula is C17H20N2O. The Balaban J connectivity index is 1.96. The van der Waals surface area contributed by atoms with Crippen LogP contribution in [0.1, 0.15) is 36.1 Å². The molecule has 0 fully saturated rings. The molecule has 1 N–H and O–H groups in total. The zero-order valence-electron chi connectivity index (χ0n) is 11.8. The van der Waals surface area contributed by atoms with E-state index in [1.807, 2.05) is 12.1 Å². The van der Waals surface area contributed by atoms with Gasteiger partial charge in [-0.3, -0.25) is 0 Å². The van der Waals surface area contributed by atoms with Crippen molar-refractivity contribution < 1.29 is 5.11 Å². The van der Waals surface area contributed by atoms with Crippen molar-refractivity contribution >= 4 is 5.82 Å². The Hall–Kier alpha value is -1.87. The molecule has 3 heteroatoms. The second-order valence-corrected chi connectivity index (χ2v) is 5.39. The Morgan fingerprint density at radius 3 is 2.75 bits per heavy atom. The number of pyridine rings is 1. The maximum Gasteiger partial charge on any atom is 0.134 e. The molecule has 3 nitrogen and oxygen atoms in total. The Morgan fingerprint density at radius 2 is 1.95 bits per heavy atom. The standard InChI is InChI=1S/C17H20N2O/c1-13(20)16-9-4-10-18-17(16)19-11-5-8-14-6-2-3-7-15(14)12-19/h2-4,6-7,9-10,13,20H,5,8,11-12H2,1H3/t13-/m1/s1. The summed E-state index contributed by atoms with van der Waals surface area (Å²) in [6.07, 6.45) is 3.55. The number of fused-ring (bicyclic) bond motifs is 1. The highest BCUT2D eigenvalue weighted by molar-refractivity contribution is 5.49. The quantitative estimate of drug-likeness (QED) is 0.909. The summed E-state index contributed by atoms with van der Waals surface area (Å²) >= 11 is 0. The van der Waals surface area contributed by atoms with Crippen molar-refractivity contribution in [2.45, 2.75) is 32.4 Å². The van der Waals surface area contributed by atoms with Gasteiger partial charge in [-0.05, 0) is 37.0 Å². The molecule has 0 amide bonds. The minimum Gasteiger partial charge on any atom is -0.389 e. The summed E-state index contributed by atoms with van der Waals surface area (Å²) in [6.45, 7) is 3.64. The van der Waals surface area contributed by atoms with Crippen LogP contribution in [0.5, 0.6) is 0 Å². The highest BCUT2D eigenvalue weighted by Gasteiger charge is 2.19. The number of hydrogen-bond acceptors (Lipinski definition) is 3. The van der Waals surface area contributed by atoms with Gasteiger partial charge in [0.15, 0.2) is 0 Å². The van der Waals surface area contributed by atoms with Gasteiger partial charge in [0.2, 0.25) is 0 Å². The van der Waals surface area contributed by atoms with E-state index >= 15 is 0 Å². The first-order chi connectivity index (χ1) is 9.75. The van der Waals surface area contributed by atoms with Gasteiger partial charge in [0.25, 0.3) is 0 Å². The number of anilines is 1. The molecule has 1 aliphatic rings. The van der Waals surface area contributed by atoms with Crippen LogP contribution < -0.4 is 4.90 Å². The van der Waals surface area contributed by atoms with Crippen molar-refractivity contribution in [3.8, 4) is 0 Å². The molecule has 2 heterocycles. The van der Waals surface area contributed by atoms with Gasteiger partial charge in [-0.15, -0.1) is 0 Å². The molecule has 1 aliphatic heterocycles. The Morgan fingerprint density at radius 1 is 1.15 bits per heavy atom. The summed E-state index contributed by atoms with van der Waals surface area (Å²) < 4.78 is 0. The van der Waals surface area contributed by atoms with Crippen molar-refractivity contribution in [3.05, 3.63) is 59.3 Å². The van der Waals surface area contributed by atoms with Crippen LogP contribution in [-0.2, 0) is 13.0 Å². The summed E-state index contributed by atoms with van der Waals surface area (Å²) in [5.41, 5.74) is 3.71. The Labute approximate surface area is 119 Å². The van der Waals surface area contributed by atoms with Crippen LogP contribution in [0, 0.1) is 0 Å². The molecule has 1 atom stereocenters. The van der Waals surface area contributed by atoms with Gasteiger partial charge in [0, 0.05) is 24.8 Å². The van der Waals surface area contributed by atoms with Crippen LogP contribution >= 0.6 is 0 Å². The number of aliphatic hydroxyl groups is 1. The Kier molecular flexibility index (Phi) is 3.70. The molecule has 0 bridgehead atoms. The van der Waals surface area contributed by atoms with Crippen molar-refractivity contribution in [2.75, 3.05) is 11.4 Å². The van der Waals surface area contributed by atoms with E-state index in [0.717, 1.165) is 37.3 Å². The fourth-order valence-corrected chi connectivity index (χ4v) is 2.88. The first kappa shape index (κ1) is 13.1. The van der Waals surface area contributed by atoms with Gasteiger partial charge in [-0.25, -0.2) is 4.98 Å². The fraction of sp³-hybridized carbons (Fsp3) is 0.353. The predicted octanol–water partition coefficient (Wildman–Crippen LogP) is 3.09. The van der Waals surface area contributed by atoms with Crippen molar-refractivity contribution in [1.29, 1.82) is 0 Å². The highest BCUT2D eigenvalue weighted by atomic mass is 16.3. The molecule has 0 saturated heterocycles. The van der Waals surface area contributed by atoms with Crippen LogP contribution in [0.15, 0.2) is 42.6 Å². The number of nitrogens with zero attached hydrogens (tertiary/aromatic N) is 2. The second-order valence-electron chi connectivity index (χ2n) is 5.39. The monoisotopic (exact) mass is 268 g/mol. The molecule has 0 saturated carbocycles. The minimum absolute atomic E-state index is 0.489. The van der Waals surface area contributed by atoms with E-state index < -0.39 is 6.10 Å². The van der Waals surface area contributed by atoms with Crippen molar-refractivity contribution in [2.24, 2.45) is 0 Å². The molecule has 3 rings (SSSR count). The molecule has 20 heavy (non-hydrogen) atoms. The number of aryl methyl sites for hydroxylation is 1. The summed E-state index contributed by atoms with van der Waals surface area (Å²) in [4.78, 5) is 6.79. The number of rotatable bonds is 2. The molecule has 0 radical (unpaired) electrons. The summed E-state index contributed by atoms with van der Waals surface area (Å²) in [5, 5.41) is 9.93. The van der Waals surface area contributed by atoms with E-state index in [1.165, 1.54) is 11.1 Å². The van der Waals surface area contributed by atoms with Gasteiger partial charge in [-0.1, -0.05) is 30.3 Å². The lowest BCUT2D eigenvalue weighted by Gasteiger charge is -2.25. The van der Waals surface area contributed by atoms with Gasteiger partial charge in [0.1, 0.15) is 5.82 Å². The third-order valence-corrected chi connectivity index (χ3v) is 3.92. The van der Waals surface area contributed by atoms with E-state index in [1.54, 1.807) is 13.1 Å². The highest BCUT2D eigenvalue weighted by Crippen LogP contribution is 2.28. The lowest BCUT2D eigenvalue weighted by Crippen LogP contribution is -2.25. The molecule has 0 aliphatic carbocycles. The third-order valence-electron chi connectivity index (χ3n) is 3.92. The maximum atomic E-state index is 9.93. The van der Waals surface area contributed by atoms with Crippen molar-refractivity contribution in [1.82, 2.24) is 4.98 Å². The number of aromatic nitrogens is 1. The molecule has 0 unspecified atom stereocenters. The lowest BCUT2D eigenvalue weighted by molar-refractivity contribution is 0.199. The normalized spacial score (nSPS) is 16.4. The Bertz CT molecular complexity index is 595. The second kappa shape index (κ2) is 5.63. The van der Waals surface area contributed by atoms with Crippen LogP contribution in [0.4, 0.5) is 5.82 Å². The predicted molar refractivity (Wildman–Crippen MR) is 80.7 cm³/mol. The van der Waals surface area contributed by atoms with E-state index in [2.05, 4.69) is 34.1 Å². The van der Waals surface area contributed by atoms with E-state index in [4.69, 9.17) is 0 Å². The van der Waals surface area contributed by atoms with Gasteiger partial charge in [0.05, 0.1) is 6.10 Å². The molecule has 0 spiro atoms. The first-order valence-electron chi connectivity index (χ1n) is 7.20. The average molecular weight is 268 g/mol. The SMILES string of the molecule is C[C@@H](O)c1cccnc1N1CCCc2ccccc2C1. The van der Waals surface area contributed by atoms with E-state index in [9.17, 15) is 5.11 Å². The van der Waals surface area contributed by atoms with E-state index in [-0.39, 0.29) is 0 Å². The minimum atomic E-state index is -0.489. The lowest BCUT2D eigenvalue weighted by atomic mass is 10.0. The zero-order chi connectivity index (χ0) is 13.9. The van der Waals surface area contributed by atoms with Gasteiger partial charge < -0.3 is 10.0 Å². The molecule has 1 aromatic heterocycles. The van der Waals surface area contributed by atoms with Gasteiger partial charge >= 0.3 is 0 Å². The van der Waals surface area contributed by atoms with E-state index in [0.29, 0.717) is 0 Å². The smallest absolute Gasteiger partial charge is 0.134 e. The van der Waals surface area contributed by atoms with Crippen LogP contribution in [0.3, 0.4) is 0 Å². The summed E-state index contributed by atoms with van der Waals surface area (Å²) in [6, 6.07) is 12.5. The molecule has 104 valence electrons. The fourth-order valence-electron chi connectivity index (χ4n) is 2.88. The average Bonchev–Trinajstić information content (AvgIpc) is 2.69. The number of benzene rings is 1.